The molecule has 0 amide bonds. The number of carbonyl (C=O) groups is 1. The predicted octanol–water partition coefficient (Wildman–Crippen LogP) is 9.44. The van der Waals surface area contributed by atoms with E-state index in [1.54, 1.807) is 18.2 Å². The Hall–Kier alpha value is -2.67. The van der Waals surface area contributed by atoms with Gasteiger partial charge in [-0.05, 0) is 48.5 Å². The highest BCUT2D eigenvalue weighted by atomic mass is 19.3. The summed E-state index contributed by atoms with van der Waals surface area (Å²) < 4.78 is 33.4. The Morgan fingerprint density at radius 3 is 2.11 bits per heavy atom. The number of ether oxygens (including phenoxy) is 1. The topological polar surface area (TPSA) is 26.3 Å². The maximum Gasteiger partial charge on any atom is 0.331 e. The second kappa shape index (κ2) is 17.0. The third-order valence-electron chi connectivity index (χ3n) is 6.71. The van der Waals surface area contributed by atoms with E-state index in [0.29, 0.717) is 6.42 Å². The molecule has 0 spiro atoms. The average Bonchev–Trinajstić information content (AvgIpc) is 3.12. The lowest BCUT2D eigenvalue weighted by Crippen LogP contribution is -2.29. The van der Waals surface area contributed by atoms with Gasteiger partial charge in [-0.1, -0.05) is 115 Å². The van der Waals surface area contributed by atoms with Gasteiger partial charge in [0.1, 0.15) is 6.61 Å². The lowest BCUT2D eigenvalue weighted by atomic mass is 9.77. The van der Waals surface area contributed by atoms with Gasteiger partial charge in [0.25, 0.3) is 5.92 Å². The van der Waals surface area contributed by atoms with Crippen LogP contribution in [-0.2, 0) is 22.4 Å². The summed E-state index contributed by atoms with van der Waals surface area (Å²) in [6.07, 6.45) is 23.2. The zero-order valence-electron chi connectivity index (χ0n) is 24.4. The summed E-state index contributed by atoms with van der Waals surface area (Å²) in [5.74, 6) is -0.619. The van der Waals surface area contributed by atoms with Crippen molar-refractivity contribution in [3.05, 3.63) is 70.8 Å². The SMILES string of the molecule is C#CC1(C)/C=C(Cc2ccc(CC)cc2)\C=C/COC(=O)/C=C\1C(C)(F)F.CC1CCCCCC1.CCC. The Bertz CT molecular complexity index is 965. The van der Waals surface area contributed by atoms with Gasteiger partial charge in [-0.3, -0.25) is 0 Å². The first-order chi connectivity index (χ1) is 18.0. The monoisotopic (exact) mass is 526 g/mol. The maximum absolute atomic E-state index is 14.2. The number of terminal acetylenes is 1. The molecule has 0 aromatic heterocycles. The summed E-state index contributed by atoms with van der Waals surface area (Å²) in [4.78, 5) is 11.8. The second-order valence-corrected chi connectivity index (χ2v) is 10.7. The van der Waals surface area contributed by atoms with Crippen LogP contribution in [0.1, 0.15) is 97.6 Å². The summed E-state index contributed by atoms with van der Waals surface area (Å²) >= 11 is 0. The Kier molecular flexibility index (Phi) is 14.9. The van der Waals surface area contributed by atoms with E-state index < -0.39 is 22.9 Å². The van der Waals surface area contributed by atoms with E-state index in [-0.39, 0.29) is 6.61 Å². The fourth-order valence-electron chi connectivity index (χ4n) is 4.56. The molecule has 3 rings (SSSR count). The molecule has 1 aliphatic heterocycles. The van der Waals surface area contributed by atoms with Gasteiger partial charge in [-0.25, -0.2) is 13.6 Å². The van der Waals surface area contributed by atoms with Crippen LogP contribution in [0.2, 0.25) is 0 Å². The summed E-state index contributed by atoms with van der Waals surface area (Å²) in [6.45, 7) is 11.0. The van der Waals surface area contributed by atoms with Crippen LogP contribution >= 0.6 is 0 Å². The van der Waals surface area contributed by atoms with Crippen LogP contribution in [0.15, 0.2) is 59.7 Å². The predicted molar refractivity (Wildman–Crippen MR) is 156 cm³/mol. The fourth-order valence-corrected chi connectivity index (χ4v) is 4.56. The van der Waals surface area contributed by atoms with E-state index >= 15 is 0 Å². The summed E-state index contributed by atoms with van der Waals surface area (Å²) in [5.41, 5.74) is 1.19. The molecule has 0 N–H and O–H groups in total. The number of carbonyl (C=O) groups excluding carboxylic acids is 1. The third-order valence-corrected chi connectivity index (χ3v) is 6.71. The summed E-state index contributed by atoms with van der Waals surface area (Å²) in [7, 11) is 0. The van der Waals surface area contributed by atoms with Gasteiger partial charge in [-0.15, -0.1) is 6.42 Å². The van der Waals surface area contributed by atoms with Crippen molar-refractivity contribution < 1.29 is 18.3 Å². The van der Waals surface area contributed by atoms with Crippen LogP contribution in [0.3, 0.4) is 0 Å². The number of benzene rings is 1. The number of rotatable bonds is 4. The Morgan fingerprint density at radius 1 is 1.05 bits per heavy atom. The molecule has 1 unspecified atom stereocenters. The molecular formula is C34H48F2O2. The van der Waals surface area contributed by atoms with Crippen LogP contribution < -0.4 is 0 Å². The highest BCUT2D eigenvalue weighted by molar-refractivity contribution is 5.84. The van der Waals surface area contributed by atoms with E-state index in [1.165, 1.54) is 57.4 Å². The smallest absolute Gasteiger partial charge is 0.331 e. The van der Waals surface area contributed by atoms with Gasteiger partial charge in [0, 0.05) is 18.6 Å². The van der Waals surface area contributed by atoms with E-state index in [4.69, 9.17) is 11.2 Å². The molecule has 1 aromatic rings. The largest absolute Gasteiger partial charge is 0.458 e. The maximum atomic E-state index is 14.2. The zero-order valence-corrected chi connectivity index (χ0v) is 24.4. The molecule has 0 radical (unpaired) electrons. The Morgan fingerprint density at radius 2 is 1.61 bits per heavy atom. The van der Waals surface area contributed by atoms with Gasteiger partial charge >= 0.3 is 5.97 Å². The van der Waals surface area contributed by atoms with Gasteiger partial charge in [0.2, 0.25) is 0 Å². The molecule has 2 nitrogen and oxygen atoms in total. The molecule has 1 atom stereocenters. The Balaban J connectivity index is 0.000000545. The average molecular weight is 527 g/mol. The third kappa shape index (κ3) is 12.2. The molecule has 4 heteroatoms. The molecule has 0 saturated heterocycles. The summed E-state index contributed by atoms with van der Waals surface area (Å²) in [6, 6.07) is 8.14. The minimum atomic E-state index is -3.26. The van der Waals surface area contributed by atoms with Gasteiger partial charge < -0.3 is 4.74 Å². The van der Waals surface area contributed by atoms with Crippen LogP contribution in [-0.4, -0.2) is 18.5 Å². The lowest BCUT2D eigenvalue weighted by Gasteiger charge is -2.29. The number of aryl methyl sites for hydroxylation is 1. The van der Waals surface area contributed by atoms with Gasteiger partial charge in [0.15, 0.2) is 0 Å². The van der Waals surface area contributed by atoms with Gasteiger partial charge in [-0.2, -0.15) is 0 Å². The first kappa shape index (κ1) is 33.4. The van der Waals surface area contributed by atoms with Crippen molar-refractivity contribution in [2.45, 2.75) is 105 Å². The van der Waals surface area contributed by atoms with E-state index in [2.05, 4.69) is 33.6 Å². The van der Waals surface area contributed by atoms with Crippen molar-refractivity contribution in [2.75, 3.05) is 6.61 Å². The molecule has 2 aliphatic rings. The highest BCUT2D eigenvalue weighted by Gasteiger charge is 2.40. The number of alkyl halides is 2. The van der Waals surface area contributed by atoms with Crippen LogP contribution in [0, 0.1) is 23.7 Å². The number of esters is 1. The first-order valence-electron chi connectivity index (χ1n) is 14.2. The van der Waals surface area contributed by atoms with Crippen molar-refractivity contribution in [1.82, 2.24) is 0 Å². The van der Waals surface area contributed by atoms with Gasteiger partial charge in [0.05, 0.1) is 5.41 Å². The van der Waals surface area contributed by atoms with E-state index in [1.807, 2.05) is 24.3 Å². The number of hydrogen-bond acceptors (Lipinski definition) is 2. The molecule has 1 saturated carbocycles. The van der Waals surface area contributed by atoms with E-state index in [0.717, 1.165) is 36.5 Å². The molecular weight excluding hydrogens is 478 g/mol. The van der Waals surface area contributed by atoms with Crippen molar-refractivity contribution in [3.63, 3.8) is 0 Å². The second-order valence-electron chi connectivity index (χ2n) is 10.7. The molecule has 210 valence electrons. The summed E-state index contributed by atoms with van der Waals surface area (Å²) in [5, 5.41) is 0. The fraction of sp³-hybridized carbons (Fsp3) is 0.559. The highest BCUT2D eigenvalue weighted by Crippen LogP contribution is 2.40. The number of cyclic esters (lactones) is 1. The van der Waals surface area contributed by atoms with Crippen molar-refractivity contribution in [3.8, 4) is 12.3 Å². The normalized spacial score (nSPS) is 24.2. The molecule has 0 bridgehead atoms. The quantitative estimate of drug-likeness (QED) is 0.222. The number of allylic oxidation sites excluding steroid dienone is 4. The molecule has 38 heavy (non-hydrogen) atoms. The zero-order chi connectivity index (χ0) is 28.6. The number of hydrogen-bond donors (Lipinski definition) is 0. The lowest BCUT2D eigenvalue weighted by molar-refractivity contribution is -0.136. The standard InChI is InChI=1S/C23H24F2O2.C8H16.C3H8/c1-5-17-9-11-18(12-10-17)14-19-8-7-13-27-21(26)15-20(23(4,24)25)22(3,6-2)16-19;1-8-6-4-2-3-5-7-8;1-3-2/h2,7-12,15-16H,5,13-14H2,1,3-4H3;8H,2-7H2,1H3;3H2,1-2H3/b8-7-,19-16+,20-15+;;. The number of halogens is 2. The molecule has 1 aliphatic carbocycles. The van der Waals surface area contributed by atoms with Crippen LogP contribution in [0.5, 0.6) is 0 Å². The van der Waals surface area contributed by atoms with Crippen LogP contribution in [0.4, 0.5) is 8.78 Å². The minimum Gasteiger partial charge on any atom is -0.458 e. The van der Waals surface area contributed by atoms with E-state index in [9.17, 15) is 13.6 Å². The first-order valence-corrected chi connectivity index (χ1v) is 14.2. The van der Waals surface area contributed by atoms with Crippen LogP contribution in [0.25, 0.3) is 0 Å². The Labute approximate surface area is 230 Å². The molecule has 1 aromatic carbocycles. The van der Waals surface area contributed by atoms with Crippen molar-refractivity contribution >= 4 is 5.97 Å². The van der Waals surface area contributed by atoms with Crippen molar-refractivity contribution in [2.24, 2.45) is 11.3 Å². The molecule has 1 fully saturated rings. The van der Waals surface area contributed by atoms with Crippen molar-refractivity contribution in [1.29, 1.82) is 0 Å². The minimum absolute atomic E-state index is 0.0107. The molecule has 1 heterocycles.